The van der Waals surface area contributed by atoms with Crippen molar-refractivity contribution in [1.29, 1.82) is 0 Å². The highest BCUT2D eigenvalue weighted by Crippen LogP contribution is 2.22. The van der Waals surface area contributed by atoms with Gasteiger partial charge in [0.15, 0.2) is 0 Å². The number of aryl methyl sites for hydroxylation is 1. The molecule has 0 fully saturated rings. The van der Waals surface area contributed by atoms with E-state index in [1.54, 1.807) is 26.0 Å². The second-order valence-corrected chi connectivity index (χ2v) is 6.25. The van der Waals surface area contributed by atoms with Gasteiger partial charge in [0.25, 0.3) is 5.91 Å². The Morgan fingerprint density at radius 3 is 2.58 bits per heavy atom. The molecule has 26 heavy (non-hydrogen) atoms. The van der Waals surface area contributed by atoms with Crippen LogP contribution >= 0.6 is 0 Å². The Hall–Kier alpha value is -3.15. The molecule has 0 aliphatic carbocycles. The Morgan fingerprint density at radius 2 is 1.88 bits per heavy atom. The minimum Gasteiger partial charge on any atom is -0.462 e. The van der Waals surface area contributed by atoms with Crippen molar-refractivity contribution in [1.82, 2.24) is 14.9 Å². The van der Waals surface area contributed by atoms with Crippen molar-refractivity contribution < 1.29 is 14.3 Å². The first-order valence-electron chi connectivity index (χ1n) is 8.48. The number of ether oxygens (including phenoxy) is 1. The quantitative estimate of drug-likeness (QED) is 0.717. The first kappa shape index (κ1) is 17.7. The summed E-state index contributed by atoms with van der Waals surface area (Å²) in [5.74, 6) is 0.0439. The van der Waals surface area contributed by atoms with E-state index < -0.39 is 5.97 Å². The number of rotatable bonds is 5. The summed E-state index contributed by atoms with van der Waals surface area (Å²) >= 11 is 0. The second-order valence-electron chi connectivity index (χ2n) is 6.25. The molecule has 6 heteroatoms. The Bertz CT molecular complexity index is 946. The van der Waals surface area contributed by atoms with Crippen LogP contribution in [0.2, 0.25) is 0 Å². The van der Waals surface area contributed by atoms with Crippen molar-refractivity contribution in [3.8, 4) is 5.69 Å². The Morgan fingerprint density at radius 1 is 1.15 bits per heavy atom. The first-order valence-corrected chi connectivity index (χ1v) is 8.48. The summed E-state index contributed by atoms with van der Waals surface area (Å²) in [4.78, 5) is 28.4. The smallest absolute Gasteiger partial charge is 0.325 e. The highest BCUT2D eigenvalue weighted by molar-refractivity contribution is 5.98. The van der Waals surface area contributed by atoms with E-state index in [0.717, 1.165) is 22.5 Å². The maximum Gasteiger partial charge on any atom is 0.325 e. The van der Waals surface area contributed by atoms with E-state index in [-0.39, 0.29) is 18.6 Å². The fourth-order valence-electron chi connectivity index (χ4n) is 2.80. The highest BCUT2D eigenvalue weighted by atomic mass is 16.5. The van der Waals surface area contributed by atoms with Crippen LogP contribution in [-0.2, 0) is 9.53 Å². The predicted molar refractivity (Wildman–Crippen MR) is 99.4 cm³/mol. The average Bonchev–Trinajstić information content (AvgIpc) is 2.94. The molecule has 1 N–H and O–H groups in total. The maximum atomic E-state index is 12.3. The van der Waals surface area contributed by atoms with Gasteiger partial charge in [0.05, 0.1) is 17.1 Å². The summed E-state index contributed by atoms with van der Waals surface area (Å²) in [6, 6.07) is 15.2. The van der Waals surface area contributed by atoms with Gasteiger partial charge in [0.1, 0.15) is 12.4 Å². The fourth-order valence-corrected chi connectivity index (χ4v) is 2.80. The SMILES string of the molecule is Cc1nc2cc(C(=O)NCC(=O)OC(C)C)ccc2n1-c1ccccc1. The van der Waals surface area contributed by atoms with Gasteiger partial charge in [-0.25, -0.2) is 4.98 Å². The molecule has 0 saturated heterocycles. The molecule has 0 atom stereocenters. The standard InChI is InChI=1S/C20H21N3O3/c1-13(2)26-19(24)12-21-20(25)15-9-10-18-17(11-15)22-14(3)23(18)16-7-5-4-6-8-16/h4-11,13H,12H2,1-3H3,(H,21,25). The van der Waals surface area contributed by atoms with Gasteiger partial charge in [-0.2, -0.15) is 0 Å². The van der Waals surface area contributed by atoms with Gasteiger partial charge in [-0.3, -0.25) is 14.2 Å². The molecule has 0 bridgehead atoms. The van der Waals surface area contributed by atoms with Gasteiger partial charge in [-0.05, 0) is 51.1 Å². The Kier molecular flexibility index (Phi) is 5.02. The lowest BCUT2D eigenvalue weighted by molar-refractivity contribution is -0.146. The first-order chi connectivity index (χ1) is 12.5. The third-order valence-electron chi connectivity index (χ3n) is 3.86. The third-order valence-corrected chi connectivity index (χ3v) is 3.86. The number of fused-ring (bicyclic) bond motifs is 1. The van der Waals surface area contributed by atoms with Crippen molar-refractivity contribution >= 4 is 22.9 Å². The number of benzene rings is 2. The van der Waals surface area contributed by atoms with Gasteiger partial charge in [-0.1, -0.05) is 18.2 Å². The second kappa shape index (κ2) is 7.39. The van der Waals surface area contributed by atoms with Crippen LogP contribution in [0.3, 0.4) is 0 Å². The van der Waals surface area contributed by atoms with Crippen LogP contribution < -0.4 is 5.32 Å². The summed E-state index contributed by atoms with van der Waals surface area (Å²) in [6.45, 7) is 5.29. The summed E-state index contributed by atoms with van der Waals surface area (Å²) in [6.07, 6.45) is -0.208. The zero-order chi connectivity index (χ0) is 18.7. The van der Waals surface area contributed by atoms with Crippen LogP contribution in [-0.4, -0.2) is 34.1 Å². The zero-order valence-corrected chi connectivity index (χ0v) is 15.0. The molecule has 1 heterocycles. The van der Waals surface area contributed by atoms with Crippen LogP contribution in [0.5, 0.6) is 0 Å². The van der Waals surface area contributed by atoms with Crippen molar-refractivity contribution in [2.24, 2.45) is 0 Å². The summed E-state index contributed by atoms with van der Waals surface area (Å²) in [5, 5.41) is 2.57. The lowest BCUT2D eigenvalue weighted by atomic mass is 10.2. The summed E-state index contributed by atoms with van der Waals surface area (Å²) < 4.78 is 7.04. The number of amides is 1. The van der Waals surface area contributed by atoms with Crippen LogP contribution in [0.1, 0.15) is 30.0 Å². The summed E-state index contributed by atoms with van der Waals surface area (Å²) in [5.41, 5.74) is 3.11. The number of aromatic nitrogens is 2. The normalized spacial score (nSPS) is 10.9. The zero-order valence-electron chi connectivity index (χ0n) is 15.0. The molecule has 0 aliphatic rings. The molecule has 0 unspecified atom stereocenters. The predicted octanol–water partition coefficient (Wildman–Crippen LogP) is 3.02. The van der Waals surface area contributed by atoms with Crippen molar-refractivity contribution in [2.75, 3.05) is 6.54 Å². The van der Waals surface area contributed by atoms with E-state index in [0.29, 0.717) is 5.56 Å². The van der Waals surface area contributed by atoms with E-state index in [2.05, 4.69) is 10.3 Å². The number of hydrogen-bond donors (Lipinski definition) is 1. The third kappa shape index (κ3) is 3.74. The number of nitrogens with zero attached hydrogens (tertiary/aromatic N) is 2. The lowest BCUT2D eigenvalue weighted by Gasteiger charge is -2.09. The summed E-state index contributed by atoms with van der Waals surface area (Å²) in [7, 11) is 0. The molecule has 0 spiro atoms. The van der Waals surface area contributed by atoms with E-state index in [1.165, 1.54) is 0 Å². The van der Waals surface area contributed by atoms with Gasteiger partial charge in [-0.15, -0.1) is 0 Å². The largest absolute Gasteiger partial charge is 0.462 e. The van der Waals surface area contributed by atoms with Crippen molar-refractivity contribution in [3.05, 3.63) is 59.9 Å². The van der Waals surface area contributed by atoms with Crippen LogP contribution in [0.15, 0.2) is 48.5 Å². The minimum absolute atomic E-state index is 0.160. The molecule has 2 aromatic carbocycles. The number of carbonyl (C=O) groups excluding carboxylic acids is 2. The average molecular weight is 351 g/mol. The fraction of sp³-hybridized carbons (Fsp3) is 0.250. The monoisotopic (exact) mass is 351 g/mol. The maximum absolute atomic E-state index is 12.3. The van der Waals surface area contributed by atoms with Crippen LogP contribution in [0, 0.1) is 6.92 Å². The molecule has 6 nitrogen and oxygen atoms in total. The minimum atomic E-state index is -0.460. The molecule has 0 aliphatic heterocycles. The van der Waals surface area contributed by atoms with Crippen molar-refractivity contribution in [3.63, 3.8) is 0 Å². The van der Waals surface area contributed by atoms with Crippen molar-refractivity contribution in [2.45, 2.75) is 26.9 Å². The van der Waals surface area contributed by atoms with E-state index in [1.807, 2.05) is 47.9 Å². The van der Waals surface area contributed by atoms with E-state index in [4.69, 9.17) is 4.74 Å². The lowest BCUT2D eigenvalue weighted by Crippen LogP contribution is -2.31. The number of nitrogens with one attached hydrogen (secondary N) is 1. The molecule has 3 rings (SSSR count). The number of para-hydroxylation sites is 1. The van der Waals surface area contributed by atoms with Gasteiger partial charge in [0.2, 0.25) is 0 Å². The molecular formula is C20H21N3O3. The van der Waals surface area contributed by atoms with E-state index in [9.17, 15) is 9.59 Å². The molecular weight excluding hydrogens is 330 g/mol. The van der Waals surface area contributed by atoms with Crippen LogP contribution in [0.25, 0.3) is 16.7 Å². The van der Waals surface area contributed by atoms with Crippen LogP contribution in [0.4, 0.5) is 0 Å². The highest BCUT2D eigenvalue weighted by Gasteiger charge is 2.14. The molecule has 134 valence electrons. The Labute approximate surface area is 151 Å². The molecule has 1 aromatic heterocycles. The van der Waals surface area contributed by atoms with E-state index >= 15 is 0 Å². The molecule has 1 amide bonds. The molecule has 0 radical (unpaired) electrons. The number of imidazole rings is 1. The molecule has 3 aromatic rings. The topological polar surface area (TPSA) is 73.2 Å². The van der Waals surface area contributed by atoms with Gasteiger partial charge in [0, 0.05) is 11.3 Å². The van der Waals surface area contributed by atoms with Gasteiger partial charge < -0.3 is 10.1 Å². The molecule has 0 saturated carbocycles. The van der Waals surface area contributed by atoms with Gasteiger partial charge >= 0.3 is 5.97 Å². The Balaban J connectivity index is 1.82. The number of esters is 1. The number of carbonyl (C=O) groups is 2. The number of hydrogen-bond acceptors (Lipinski definition) is 4.